The van der Waals surface area contributed by atoms with Crippen molar-refractivity contribution in [2.75, 3.05) is 0 Å². The number of aryl methyl sites for hydroxylation is 2. The van der Waals surface area contributed by atoms with Gasteiger partial charge in [-0.05, 0) is 79.8 Å². The maximum atomic E-state index is 11.8. The Morgan fingerprint density at radius 1 is 0.769 bits per heavy atom. The van der Waals surface area contributed by atoms with Crippen molar-refractivity contribution in [3.63, 3.8) is 0 Å². The molecule has 18 heteroatoms. The van der Waals surface area contributed by atoms with Gasteiger partial charge in [0.05, 0.1) is 18.2 Å². The minimum absolute atomic E-state index is 0. The summed E-state index contributed by atoms with van der Waals surface area (Å²) in [6.07, 6.45) is 6.46. The number of furan rings is 2. The van der Waals surface area contributed by atoms with Crippen molar-refractivity contribution < 1.29 is 73.2 Å². The number of nitrogens with zero attached hydrogens (tertiary/aromatic N) is 8. The fraction of sp³-hybridized carbons (Fsp3) is 0.143. The van der Waals surface area contributed by atoms with E-state index in [1.807, 2.05) is 19.1 Å². The van der Waals surface area contributed by atoms with E-state index in [0.29, 0.717) is 32.0 Å². The van der Waals surface area contributed by atoms with Gasteiger partial charge in [0.15, 0.2) is 27.4 Å². The Labute approximate surface area is 288 Å². The molecule has 0 unspecified atom stereocenters. The van der Waals surface area contributed by atoms with Gasteiger partial charge in [-0.2, -0.15) is 10.2 Å². The van der Waals surface area contributed by atoms with Crippen LogP contribution in [-0.4, -0.2) is 46.1 Å². The minimum Gasteiger partial charge on any atom is -0.498 e. The molecule has 0 aromatic carbocycles. The van der Waals surface area contributed by atoms with Crippen LogP contribution in [0.2, 0.25) is 0 Å². The van der Waals surface area contributed by atoms with Crippen molar-refractivity contribution in [3.05, 3.63) is 74.6 Å². The zero-order valence-electron chi connectivity index (χ0n) is 19.9. The van der Waals surface area contributed by atoms with E-state index < -0.39 is 12.6 Å². The van der Waals surface area contributed by atoms with Crippen LogP contribution in [0.4, 0.5) is 12.9 Å². The summed E-state index contributed by atoms with van der Waals surface area (Å²) in [7, 11) is 0. The quantitative estimate of drug-likeness (QED) is 0.247. The first-order valence-electron chi connectivity index (χ1n) is 10.2. The molecule has 0 spiro atoms. The fourth-order valence-electron chi connectivity index (χ4n) is 2.92. The molecule has 39 heavy (non-hydrogen) atoms. The summed E-state index contributed by atoms with van der Waals surface area (Å²) in [6, 6.07) is 6.00. The summed E-state index contributed by atoms with van der Waals surface area (Å²) in [5.41, 5.74) is 1.20. The maximum Gasteiger partial charge on any atom is 1.00 e. The molecular weight excluding hydrogens is 743 g/mol. The van der Waals surface area contributed by atoms with Gasteiger partial charge < -0.3 is 21.8 Å². The Morgan fingerprint density at radius 3 is 1.82 bits per heavy atom. The Balaban J connectivity index is 0.000000207. The molecule has 6 heterocycles. The Morgan fingerprint density at radius 2 is 1.31 bits per heavy atom. The van der Waals surface area contributed by atoms with Crippen molar-refractivity contribution in [2.45, 2.75) is 21.3 Å². The monoisotopic (exact) mass is 758 g/mol. The minimum atomic E-state index is -4.95. The molecule has 0 aliphatic heterocycles. The first-order valence-corrected chi connectivity index (χ1v) is 12.6. The summed E-state index contributed by atoms with van der Waals surface area (Å²) in [5, 5.41) is 8.01. The topological polar surface area (TPSA) is 112 Å². The summed E-state index contributed by atoms with van der Waals surface area (Å²) >= 11 is 9.83. The Hall–Kier alpha value is -1.41. The van der Waals surface area contributed by atoms with Crippen LogP contribution >= 0.6 is 47.8 Å². The Kier molecular flexibility index (Phi) is 12.5. The van der Waals surface area contributed by atoms with Crippen molar-refractivity contribution >= 4 is 71.7 Å². The average molecular weight is 761 g/mol. The molecule has 0 saturated carbocycles. The van der Waals surface area contributed by atoms with Crippen molar-refractivity contribution in [1.82, 2.24) is 39.2 Å². The molecule has 0 aliphatic carbocycles. The number of hydrogen-bond donors (Lipinski definition) is 0. The number of fused-ring (bicyclic) bond motifs is 2. The van der Waals surface area contributed by atoms with Gasteiger partial charge in [-0.1, -0.05) is 13.5 Å². The summed E-state index contributed by atoms with van der Waals surface area (Å²) in [6.45, 7) is -1.58. The van der Waals surface area contributed by atoms with E-state index in [1.54, 1.807) is 21.4 Å². The molecule has 200 valence electrons. The fourth-order valence-corrected chi connectivity index (χ4v) is 4.38. The van der Waals surface area contributed by atoms with Crippen molar-refractivity contribution in [2.24, 2.45) is 0 Å². The summed E-state index contributed by atoms with van der Waals surface area (Å²) in [4.78, 5) is 16.6. The van der Waals surface area contributed by atoms with Gasteiger partial charge in [0.25, 0.3) is 0 Å². The maximum absolute atomic E-state index is 11.8. The molecule has 0 saturated heterocycles. The normalized spacial score (nSPS) is 10.7. The van der Waals surface area contributed by atoms with E-state index in [4.69, 9.17) is 4.42 Å². The average Bonchev–Trinajstić information content (AvgIpc) is 3.60. The van der Waals surface area contributed by atoms with Crippen LogP contribution in [0.5, 0.6) is 0 Å². The van der Waals surface area contributed by atoms with Crippen LogP contribution in [0.1, 0.15) is 18.9 Å². The van der Waals surface area contributed by atoms with Crippen molar-refractivity contribution in [3.8, 4) is 11.5 Å². The van der Waals surface area contributed by atoms with Crippen molar-refractivity contribution in [1.29, 1.82) is 0 Å². The molecule has 6 aromatic rings. The third kappa shape index (κ3) is 8.79. The van der Waals surface area contributed by atoms with E-state index >= 15 is 0 Å². The second-order valence-corrected chi connectivity index (χ2v) is 9.63. The molecule has 0 N–H and O–H groups in total. The van der Waals surface area contributed by atoms with Gasteiger partial charge >= 0.3 is 58.4 Å². The SMILES string of the molecule is Brc1cn2ncnc2c(Br)n1.C.Cc1ccc(-c2nc(Br)cn3ncnc23)o1.Cc1ccc([B-](F)(F)F)o1.[K+]. The van der Waals surface area contributed by atoms with Crippen LogP contribution in [0.25, 0.3) is 22.7 Å². The molecule has 6 aromatic heterocycles. The third-order valence-corrected chi connectivity index (χ3v) is 5.78. The van der Waals surface area contributed by atoms with E-state index in [9.17, 15) is 12.9 Å². The number of halogens is 6. The molecule has 0 atom stereocenters. The third-order valence-electron chi connectivity index (χ3n) is 4.48. The second kappa shape index (κ2) is 14.5. The first kappa shape index (κ1) is 33.8. The van der Waals surface area contributed by atoms with Gasteiger partial charge in [-0.3, -0.25) is 0 Å². The van der Waals surface area contributed by atoms with Crippen LogP contribution in [-0.2, 0) is 0 Å². The van der Waals surface area contributed by atoms with Crippen LogP contribution in [0, 0.1) is 13.8 Å². The molecule has 0 bridgehead atoms. The molecule has 0 fully saturated rings. The largest absolute Gasteiger partial charge is 1.00 e. The van der Waals surface area contributed by atoms with Gasteiger partial charge in [-0.25, -0.2) is 29.0 Å². The van der Waals surface area contributed by atoms with Gasteiger partial charge in [0.2, 0.25) is 0 Å². The van der Waals surface area contributed by atoms with Crippen LogP contribution < -0.4 is 57.0 Å². The van der Waals surface area contributed by atoms with E-state index in [2.05, 4.69) is 82.3 Å². The van der Waals surface area contributed by atoms with E-state index in [0.717, 1.165) is 16.4 Å². The molecule has 10 nitrogen and oxygen atoms in total. The number of hydrogen-bond acceptors (Lipinski definition) is 8. The molecule has 6 rings (SSSR count). The standard InChI is InChI=1S/C10H7BrN4O.C5H5BF3O.C5H2Br2N4.CH4.K/c1-6-2-3-7(16-6)9-10-12-5-13-15(10)4-8(11)14-9;1-4-2-3-5(10-4)6(7,8)9;6-3-1-11-5(4(7)10-3)8-2-9-11;;/h2-5H,1H3;2-3H,1H3;1-2H;1H4;/q;-1;;;+1. The molecule has 0 amide bonds. The first-order chi connectivity index (χ1) is 17.5. The van der Waals surface area contributed by atoms with Crippen LogP contribution in [0.3, 0.4) is 0 Å². The number of rotatable bonds is 2. The molecule has 0 aliphatic rings. The summed E-state index contributed by atoms with van der Waals surface area (Å²) in [5.74, 6) is 1.82. The van der Waals surface area contributed by atoms with Crippen LogP contribution in [0.15, 0.2) is 72.0 Å². The molecular formula is C21H18BBr3F3KN8O2. The molecule has 0 radical (unpaired) electrons. The zero-order valence-corrected chi connectivity index (χ0v) is 27.7. The second-order valence-electron chi connectivity index (χ2n) is 7.26. The summed E-state index contributed by atoms with van der Waals surface area (Å²) < 4.78 is 50.6. The Bertz CT molecular complexity index is 1670. The van der Waals surface area contributed by atoms with Gasteiger partial charge in [0.1, 0.15) is 27.6 Å². The predicted molar refractivity (Wildman–Crippen MR) is 146 cm³/mol. The van der Waals surface area contributed by atoms with Gasteiger partial charge in [0, 0.05) is 5.66 Å². The smallest absolute Gasteiger partial charge is 0.498 e. The number of aromatic nitrogens is 8. The van der Waals surface area contributed by atoms with E-state index in [-0.39, 0.29) is 64.6 Å². The van der Waals surface area contributed by atoms with E-state index in [1.165, 1.54) is 25.6 Å². The predicted octanol–water partition coefficient (Wildman–Crippen LogP) is 3.39. The van der Waals surface area contributed by atoms with Gasteiger partial charge in [-0.15, -0.1) is 0 Å². The zero-order chi connectivity index (χ0) is 26.7.